The van der Waals surface area contributed by atoms with Gasteiger partial charge >= 0.3 is 7.82 Å². The van der Waals surface area contributed by atoms with E-state index in [0.717, 1.165) is 25.3 Å². The van der Waals surface area contributed by atoms with E-state index in [-0.39, 0.29) is 49.1 Å². The van der Waals surface area contributed by atoms with Gasteiger partial charge in [0.2, 0.25) is 0 Å². The van der Waals surface area contributed by atoms with E-state index in [1.165, 1.54) is 18.2 Å². The van der Waals surface area contributed by atoms with Crippen LogP contribution in [0.3, 0.4) is 0 Å². The summed E-state index contributed by atoms with van der Waals surface area (Å²) < 4.78 is 44.3. The lowest BCUT2D eigenvalue weighted by molar-refractivity contribution is 0.0936. The molecule has 0 atom stereocenters. The number of carbonyl (C=O) groups is 1. The van der Waals surface area contributed by atoms with E-state index in [1.54, 1.807) is 4.68 Å². The first-order chi connectivity index (χ1) is 16.8. The lowest BCUT2D eigenvalue weighted by Gasteiger charge is -2.25. The molecule has 3 rings (SSSR count). The van der Waals surface area contributed by atoms with E-state index >= 15 is 0 Å². The summed E-state index contributed by atoms with van der Waals surface area (Å²) in [6, 6.07) is 8.81. The molecule has 1 fully saturated rings. The molecule has 35 heavy (non-hydrogen) atoms. The summed E-state index contributed by atoms with van der Waals surface area (Å²) in [7, 11) is -4.18. The molecule has 1 aromatic carbocycles. The molecule has 1 aliphatic carbocycles. The summed E-state index contributed by atoms with van der Waals surface area (Å²) >= 11 is 5.99. The van der Waals surface area contributed by atoms with Crippen molar-refractivity contribution in [1.29, 1.82) is 10.5 Å². The number of phosphoric ester groups is 1. The van der Waals surface area contributed by atoms with Crippen LogP contribution in [0.15, 0.2) is 24.3 Å². The first-order valence-electron chi connectivity index (χ1n) is 11.0. The van der Waals surface area contributed by atoms with Crippen molar-refractivity contribution in [2.45, 2.75) is 45.2 Å². The zero-order valence-electron chi connectivity index (χ0n) is 18.8. The highest BCUT2D eigenvalue weighted by Gasteiger charge is 2.29. The maximum atomic E-state index is 14.7. The van der Waals surface area contributed by atoms with Gasteiger partial charge in [-0.25, -0.2) is 8.96 Å². The van der Waals surface area contributed by atoms with Crippen molar-refractivity contribution in [3.05, 3.63) is 46.5 Å². The highest BCUT2D eigenvalue weighted by molar-refractivity contribution is 7.48. The van der Waals surface area contributed by atoms with Crippen molar-refractivity contribution in [2.75, 3.05) is 13.2 Å². The summed E-state index contributed by atoms with van der Waals surface area (Å²) in [6.45, 7) is 0.0253. The predicted octanol–water partition coefficient (Wildman–Crippen LogP) is 4.75. The molecule has 13 heteroatoms. The van der Waals surface area contributed by atoms with Crippen LogP contribution in [0.4, 0.5) is 4.39 Å². The Morgan fingerprint density at radius 1 is 1.23 bits per heavy atom. The Bertz CT molecular complexity index is 1150. The van der Waals surface area contributed by atoms with Crippen LogP contribution in [0.2, 0.25) is 5.15 Å². The number of carbonyl (C=O) groups excluding carboxylic acids is 1. The average Bonchev–Trinajstić information content (AvgIpc) is 3.16. The summed E-state index contributed by atoms with van der Waals surface area (Å²) in [4.78, 5) is 12.7. The maximum absolute atomic E-state index is 14.7. The van der Waals surface area contributed by atoms with Gasteiger partial charge in [-0.05, 0) is 24.8 Å². The first kappa shape index (κ1) is 26.7. The summed E-state index contributed by atoms with van der Waals surface area (Å²) in [5.74, 6) is -0.833. The van der Waals surface area contributed by atoms with Crippen LogP contribution < -0.4 is 9.84 Å². The monoisotopic (exact) mass is 523 g/mol. The lowest BCUT2D eigenvalue weighted by atomic mass is 9.85. The van der Waals surface area contributed by atoms with E-state index in [1.807, 2.05) is 12.1 Å². The smallest absolute Gasteiger partial charge is 0.404 e. The van der Waals surface area contributed by atoms with E-state index in [9.17, 15) is 13.8 Å². The molecular formula is C22H24ClFN5O5P. The molecule has 0 aliphatic heterocycles. The van der Waals surface area contributed by atoms with Crippen molar-refractivity contribution in [3.8, 4) is 17.9 Å². The van der Waals surface area contributed by atoms with Gasteiger partial charge in [0.25, 0.3) is 5.91 Å². The van der Waals surface area contributed by atoms with Crippen molar-refractivity contribution in [1.82, 2.24) is 15.1 Å². The molecule has 0 unspecified atom stereocenters. The fourth-order valence-electron chi connectivity index (χ4n) is 3.25. The number of benzene rings is 1. The minimum atomic E-state index is -4.18. The third kappa shape index (κ3) is 7.78. The molecule has 10 nitrogen and oxygen atoms in total. The molecule has 2 aromatic rings. The van der Waals surface area contributed by atoms with Gasteiger partial charge in [-0.3, -0.25) is 18.5 Å². The normalized spacial score (nSPS) is 13.5. The molecular weight excluding hydrogens is 500 g/mol. The number of aromatic nitrogens is 2. The van der Waals surface area contributed by atoms with Crippen molar-refractivity contribution in [2.24, 2.45) is 5.92 Å². The number of nitrogens with zero attached hydrogens (tertiary/aromatic N) is 4. The third-order valence-electron chi connectivity index (χ3n) is 5.25. The zero-order valence-corrected chi connectivity index (χ0v) is 20.4. The Morgan fingerprint density at radius 2 is 1.91 bits per heavy atom. The fraction of sp³-hybridized carbons (Fsp3) is 0.455. The fourth-order valence-corrected chi connectivity index (χ4v) is 4.62. The molecule has 1 aliphatic rings. The first-order valence-corrected chi connectivity index (χ1v) is 12.8. The second kappa shape index (κ2) is 12.7. The maximum Gasteiger partial charge on any atom is 0.530 e. The number of hydrogen-bond donors (Lipinski definition) is 1. The topological polar surface area (TPSA) is 139 Å². The van der Waals surface area contributed by atoms with Crippen LogP contribution in [0.1, 0.15) is 48.2 Å². The third-order valence-corrected chi connectivity index (χ3v) is 6.86. The summed E-state index contributed by atoms with van der Waals surface area (Å²) in [5, 5.41) is 24.3. The Hall–Kier alpha value is -2.95. The molecule has 0 bridgehead atoms. The van der Waals surface area contributed by atoms with Crippen LogP contribution >= 0.6 is 19.4 Å². The molecule has 1 saturated carbocycles. The second-order valence-corrected chi connectivity index (χ2v) is 9.77. The van der Waals surface area contributed by atoms with Crippen molar-refractivity contribution >= 4 is 25.3 Å². The molecule has 1 N–H and O–H groups in total. The molecule has 1 aromatic heterocycles. The number of nitriles is 2. The zero-order chi connectivity index (χ0) is 25.3. The van der Waals surface area contributed by atoms with Crippen LogP contribution in [-0.4, -0.2) is 28.9 Å². The van der Waals surface area contributed by atoms with Crippen molar-refractivity contribution in [3.63, 3.8) is 0 Å². The summed E-state index contributed by atoms with van der Waals surface area (Å²) in [5.41, 5.74) is 0.458. The van der Waals surface area contributed by atoms with Gasteiger partial charge in [-0.2, -0.15) is 15.6 Å². The van der Waals surface area contributed by atoms with Gasteiger partial charge in [-0.15, -0.1) is 0 Å². The van der Waals surface area contributed by atoms with Crippen LogP contribution in [0.5, 0.6) is 5.75 Å². The molecule has 1 heterocycles. The summed E-state index contributed by atoms with van der Waals surface area (Å²) in [6.07, 6.45) is 3.20. The molecule has 186 valence electrons. The minimum absolute atomic E-state index is 0.0628. The molecule has 0 spiro atoms. The lowest BCUT2D eigenvalue weighted by Crippen LogP contribution is -2.28. The van der Waals surface area contributed by atoms with E-state index in [0.29, 0.717) is 18.2 Å². The van der Waals surface area contributed by atoms with Gasteiger partial charge in [-0.1, -0.05) is 24.1 Å². The van der Waals surface area contributed by atoms with Crippen molar-refractivity contribution < 1.29 is 27.3 Å². The number of phosphoric acid groups is 1. The van der Waals surface area contributed by atoms with Gasteiger partial charge in [0.1, 0.15) is 17.3 Å². The number of rotatable bonds is 13. The van der Waals surface area contributed by atoms with Crippen LogP contribution in [0, 0.1) is 34.4 Å². The quantitative estimate of drug-likeness (QED) is 0.293. The Kier molecular flexibility index (Phi) is 9.64. The Morgan fingerprint density at radius 3 is 2.49 bits per heavy atom. The standard InChI is InChI=1S/C22H24ClFN5O5P/c23-21-13-20(29(28-21)15-16-4-1-5-16)22(30)27-14-17-6-7-18(12-19(17)24)34-35(31,32-10-2-8-25)33-11-3-9-26/h6-7,12-13,16H,1-5,10-11,14-15H2,(H,27,30). The Labute approximate surface area is 207 Å². The van der Waals surface area contributed by atoms with E-state index < -0.39 is 19.5 Å². The SMILES string of the molecule is N#CCCOP(=O)(OCCC#N)Oc1ccc(CNC(=O)c2cc(Cl)nn2CC2CCC2)c(F)c1. The molecule has 0 saturated heterocycles. The minimum Gasteiger partial charge on any atom is -0.404 e. The second-order valence-electron chi connectivity index (χ2n) is 7.79. The van der Waals surface area contributed by atoms with Crippen LogP contribution in [-0.2, 0) is 26.7 Å². The Balaban J connectivity index is 1.62. The van der Waals surface area contributed by atoms with Gasteiger partial charge in [0.05, 0.1) is 38.2 Å². The van der Waals surface area contributed by atoms with E-state index in [4.69, 9.17) is 35.7 Å². The van der Waals surface area contributed by atoms with Gasteiger partial charge in [0.15, 0.2) is 5.15 Å². The van der Waals surface area contributed by atoms with E-state index in [2.05, 4.69) is 10.4 Å². The number of nitrogens with one attached hydrogen (secondary N) is 1. The number of halogens is 2. The molecule has 1 amide bonds. The molecule has 0 radical (unpaired) electrons. The largest absolute Gasteiger partial charge is 0.530 e. The number of hydrogen-bond acceptors (Lipinski definition) is 8. The average molecular weight is 524 g/mol. The number of amides is 1. The highest BCUT2D eigenvalue weighted by Crippen LogP contribution is 2.49. The predicted molar refractivity (Wildman–Crippen MR) is 123 cm³/mol. The van der Waals surface area contributed by atoms with Crippen LogP contribution in [0.25, 0.3) is 0 Å². The van der Waals surface area contributed by atoms with Gasteiger partial charge in [0, 0.05) is 30.8 Å². The van der Waals surface area contributed by atoms with Gasteiger partial charge < -0.3 is 9.84 Å². The highest BCUT2D eigenvalue weighted by atomic mass is 35.5.